The molecule has 2 aromatic carbocycles. The van der Waals surface area contributed by atoms with Crippen LogP contribution in [-0.4, -0.2) is 47.7 Å². The van der Waals surface area contributed by atoms with Crippen molar-refractivity contribution in [3.8, 4) is 11.8 Å². The van der Waals surface area contributed by atoms with Gasteiger partial charge in [-0.25, -0.2) is 9.36 Å². The van der Waals surface area contributed by atoms with Crippen molar-refractivity contribution < 1.29 is 13.2 Å². The molecule has 0 saturated heterocycles. The molecule has 1 atom stereocenters. The zero-order valence-corrected chi connectivity index (χ0v) is 25.7. The van der Waals surface area contributed by atoms with Gasteiger partial charge in [-0.15, -0.1) is 10.2 Å². The minimum Gasteiger partial charge on any atom is -0.383 e. The Morgan fingerprint density at radius 3 is 2.58 bits per heavy atom. The third-order valence-electron chi connectivity index (χ3n) is 7.98. The first kappa shape index (κ1) is 30.3. The minimum absolute atomic E-state index is 0.0585. The van der Waals surface area contributed by atoms with E-state index in [2.05, 4.69) is 63.1 Å². The number of hydrogen-bond donors (Lipinski definition) is 2. The second-order valence-electron chi connectivity index (χ2n) is 12.5. The van der Waals surface area contributed by atoms with Crippen LogP contribution < -0.4 is 10.6 Å². The van der Waals surface area contributed by atoms with Gasteiger partial charge in [0.1, 0.15) is 11.8 Å². The maximum absolute atomic E-state index is 14.0. The van der Waals surface area contributed by atoms with Crippen molar-refractivity contribution in [1.82, 2.24) is 35.0 Å². The number of nitrogens with one attached hydrogen (secondary N) is 2. The molecule has 1 unspecified atom stereocenters. The molecule has 0 spiro atoms. The average molecular weight is 635 g/mol. The highest BCUT2D eigenvalue weighted by atomic mass is 35.5. The van der Waals surface area contributed by atoms with Crippen LogP contribution >= 0.6 is 11.6 Å². The van der Waals surface area contributed by atoms with Gasteiger partial charge in [-0.3, -0.25) is 4.98 Å². The topological polar surface area (TPSA) is 122 Å². The Kier molecular flexibility index (Phi) is 7.43. The van der Waals surface area contributed by atoms with Gasteiger partial charge in [0.2, 0.25) is 0 Å². The highest BCUT2D eigenvalue weighted by molar-refractivity contribution is 6.35. The van der Waals surface area contributed by atoms with Crippen LogP contribution in [0.25, 0.3) is 16.6 Å². The molecule has 6 rings (SSSR count). The van der Waals surface area contributed by atoms with Crippen molar-refractivity contribution in [1.29, 1.82) is 5.26 Å². The molecule has 2 N–H and O–H groups in total. The smallest absolute Gasteiger partial charge is 0.383 e. The molecule has 0 bridgehead atoms. The maximum Gasteiger partial charge on any atom is 0.413 e. The Hall–Kier alpha value is -4.70. The van der Waals surface area contributed by atoms with Crippen LogP contribution in [0.1, 0.15) is 62.0 Å². The van der Waals surface area contributed by atoms with E-state index < -0.39 is 17.8 Å². The summed E-state index contributed by atoms with van der Waals surface area (Å²) in [6.45, 7) is 8.71. The van der Waals surface area contributed by atoms with Crippen molar-refractivity contribution >= 4 is 33.9 Å². The predicted octanol–water partition coefficient (Wildman–Crippen LogP) is 6.95. The lowest BCUT2D eigenvalue weighted by Gasteiger charge is -2.24. The summed E-state index contributed by atoms with van der Waals surface area (Å²) in [5.74, 6) is 0. The highest BCUT2D eigenvalue weighted by Gasteiger charge is 2.66. The van der Waals surface area contributed by atoms with Crippen LogP contribution in [-0.2, 0) is 5.54 Å². The largest absolute Gasteiger partial charge is 0.413 e. The first-order chi connectivity index (χ1) is 21.3. The molecule has 3 heterocycles. The van der Waals surface area contributed by atoms with Gasteiger partial charge in [-0.2, -0.15) is 18.4 Å². The Morgan fingerprint density at radius 2 is 1.93 bits per heavy atom. The van der Waals surface area contributed by atoms with Crippen molar-refractivity contribution in [2.24, 2.45) is 5.41 Å². The van der Waals surface area contributed by atoms with Crippen LogP contribution in [0.5, 0.6) is 0 Å². The molecule has 45 heavy (non-hydrogen) atoms. The van der Waals surface area contributed by atoms with Crippen LogP contribution in [0.4, 0.5) is 24.5 Å². The second kappa shape index (κ2) is 11.0. The molecule has 0 radical (unpaired) electrons. The maximum atomic E-state index is 14.0. The van der Waals surface area contributed by atoms with Crippen LogP contribution in [0.15, 0.2) is 55.1 Å². The number of anilines is 2. The number of aromatic nitrogens is 7. The molecule has 1 saturated carbocycles. The van der Waals surface area contributed by atoms with E-state index in [1.807, 2.05) is 31.2 Å². The van der Waals surface area contributed by atoms with E-state index in [-0.39, 0.29) is 24.0 Å². The molecule has 14 heteroatoms. The lowest BCUT2D eigenvalue weighted by molar-refractivity contribution is -0.182. The first-order valence-corrected chi connectivity index (χ1v) is 14.7. The third-order valence-corrected chi connectivity index (χ3v) is 8.26. The number of fused-ring (bicyclic) bond motifs is 1. The molecule has 5 aromatic rings. The second-order valence-corrected chi connectivity index (χ2v) is 12.9. The first-order valence-electron chi connectivity index (χ1n) is 14.3. The van der Waals surface area contributed by atoms with E-state index in [4.69, 9.17) is 11.6 Å². The Bertz CT molecular complexity index is 1920. The molecule has 1 fully saturated rings. The van der Waals surface area contributed by atoms with Gasteiger partial charge in [0.05, 0.1) is 52.1 Å². The monoisotopic (exact) mass is 634 g/mol. The molecule has 3 aromatic heterocycles. The number of benzene rings is 2. The number of hydrogen-bond acceptors (Lipinski definition) is 8. The van der Waals surface area contributed by atoms with Gasteiger partial charge >= 0.3 is 6.18 Å². The standard InChI is InChI=1S/C31H30ClF3N10/c1-18-21(6-5-7-25(18)44-11-10-39-42-44)28(24-16-45(43-41-24)30(8-9-30)31(33,34)35)40-20-12-22-26(38-17-29(2,3)4)19(14-36)15-37-27(22)23(32)13-20/h5-7,10-13,15-16,28,40H,8-9,17H2,1-4H3,(H,37,38). The molecule has 0 aliphatic heterocycles. The fraction of sp³-hybridized carbons (Fsp3) is 0.355. The molecular weight excluding hydrogens is 605 g/mol. The number of halogens is 4. The number of nitriles is 1. The number of rotatable bonds is 8. The molecule has 1 aliphatic rings. The zero-order valence-electron chi connectivity index (χ0n) is 25.0. The normalized spacial score (nSPS) is 15.1. The fourth-order valence-electron chi connectivity index (χ4n) is 5.37. The number of nitrogens with zero attached hydrogens (tertiary/aromatic N) is 8. The number of alkyl halides is 3. The molecular formula is C31H30ClF3N10. The zero-order chi connectivity index (χ0) is 32.1. The summed E-state index contributed by atoms with van der Waals surface area (Å²) < 4.78 is 44.5. The van der Waals surface area contributed by atoms with E-state index in [1.165, 1.54) is 12.4 Å². The lowest BCUT2D eigenvalue weighted by atomic mass is 9.96. The van der Waals surface area contributed by atoms with Gasteiger partial charge in [0.25, 0.3) is 0 Å². The summed E-state index contributed by atoms with van der Waals surface area (Å²) in [7, 11) is 0. The highest BCUT2D eigenvalue weighted by Crippen LogP contribution is 2.55. The van der Waals surface area contributed by atoms with Crippen LogP contribution in [0.3, 0.4) is 0 Å². The minimum atomic E-state index is -4.46. The van der Waals surface area contributed by atoms with Crippen LogP contribution in [0, 0.1) is 23.7 Å². The Morgan fingerprint density at radius 1 is 1.16 bits per heavy atom. The van der Waals surface area contributed by atoms with Crippen molar-refractivity contribution in [2.75, 3.05) is 17.2 Å². The lowest BCUT2D eigenvalue weighted by Crippen LogP contribution is -2.35. The molecule has 10 nitrogen and oxygen atoms in total. The van der Waals surface area contributed by atoms with Gasteiger partial charge < -0.3 is 10.6 Å². The van der Waals surface area contributed by atoms with E-state index in [1.54, 1.807) is 23.1 Å². The van der Waals surface area contributed by atoms with Gasteiger partial charge in [-0.1, -0.05) is 54.9 Å². The summed E-state index contributed by atoms with van der Waals surface area (Å²) in [5.41, 5.74) is 2.43. The third kappa shape index (κ3) is 5.66. The van der Waals surface area contributed by atoms with E-state index >= 15 is 0 Å². The van der Waals surface area contributed by atoms with Gasteiger partial charge in [0, 0.05) is 23.8 Å². The summed E-state index contributed by atoms with van der Waals surface area (Å²) in [6, 6.07) is 10.6. The summed E-state index contributed by atoms with van der Waals surface area (Å²) in [5, 5.41) is 33.9. The summed E-state index contributed by atoms with van der Waals surface area (Å²) in [4.78, 5) is 4.44. The number of pyridine rings is 1. The summed E-state index contributed by atoms with van der Waals surface area (Å²) >= 11 is 6.75. The Balaban J connectivity index is 1.48. The molecule has 232 valence electrons. The van der Waals surface area contributed by atoms with Crippen molar-refractivity contribution in [3.63, 3.8) is 0 Å². The molecule has 0 amide bonds. The average Bonchev–Trinajstić information content (AvgIpc) is 3.38. The quantitative estimate of drug-likeness (QED) is 0.188. The fourth-order valence-corrected chi connectivity index (χ4v) is 5.63. The summed E-state index contributed by atoms with van der Waals surface area (Å²) in [6.07, 6.45) is 1.53. The van der Waals surface area contributed by atoms with Gasteiger partial charge in [-0.05, 0) is 54.5 Å². The van der Waals surface area contributed by atoms with Crippen LogP contribution in [0.2, 0.25) is 5.02 Å². The van der Waals surface area contributed by atoms with Gasteiger partial charge in [0.15, 0.2) is 5.54 Å². The Labute approximate surface area is 262 Å². The van der Waals surface area contributed by atoms with E-state index in [0.29, 0.717) is 39.4 Å². The van der Waals surface area contributed by atoms with Crippen molar-refractivity contribution in [2.45, 2.75) is 58.3 Å². The predicted molar refractivity (Wildman–Crippen MR) is 164 cm³/mol. The SMILES string of the molecule is Cc1c(C(Nc2cc(Cl)c3ncc(C#N)c(NCC(C)(C)C)c3c2)c2cn(C3(C(F)(F)F)CC3)nn2)cccc1-n1ccnn1. The van der Waals surface area contributed by atoms with E-state index in [9.17, 15) is 18.4 Å². The van der Waals surface area contributed by atoms with Crippen molar-refractivity contribution in [3.05, 3.63) is 82.5 Å². The molecule has 1 aliphatic carbocycles. The van der Waals surface area contributed by atoms with E-state index in [0.717, 1.165) is 21.5 Å².